The van der Waals surface area contributed by atoms with Gasteiger partial charge in [0, 0.05) is 17.8 Å². The molecule has 0 aliphatic rings. The van der Waals surface area contributed by atoms with Gasteiger partial charge in [-0.25, -0.2) is 4.98 Å². The number of carbonyl (C=O) groups excluding carboxylic acids is 1. The van der Waals surface area contributed by atoms with Crippen LogP contribution in [0.1, 0.15) is 23.0 Å². The summed E-state index contributed by atoms with van der Waals surface area (Å²) in [4.78, 5) is 32.6. The monoisotopic (exact) mass is 384 g/mol. The van der Waals surface area contributed by atoms with Crippen molar-refractivity contribution in [1.29, 1.82) is 0 Å². The second kappa shape index (κ2) is 7.92. The molecule has 0 spiro atoms. The first-order chi connectivity index (χ1) is 13.0. The maximum atomic E-state index is 12.5. The van der Waals surface area contributed by atoms with Crippen LogP contribution in [0, 0.1) is 17.0 Å². The van der Waals surface area contributed by atoms with E-state index in [4.69, 9.17) is 4.74 Å². The Morgan fingerprint density at radius 3 is 2.81 bits per heavy atom. The summed E-state index contributed by atoms with van der Waals surface area (Å²) in [5.41, 5.74) is 1.41. The molecule has 0 aliphatic carbocycles. The number of anilines is 1. The minimum atomic E-state index is -0.575. The molecule has 0 aliphatic heterocycles. The fraction of sp³-hybridized carbons (Fsp3) is 0.167. The molecule has 2 heterocycles. The number of hydrogen-bond donors (Lipinski definition) is 1. The van der Waals surface area contributed by atoms with Crippen LogP contribution in [0.5, 0.6) is 5.75 Å². The average molecular weight is 384 g/mol. The van der Waals surface area contributed by atoms with Gasteiger partial charge in [-0.05, 0) is 38.1 Å². The molecule has 1 aromatic carbocycles. The molecule has 0 atom stereocenters. The highest BCUT2D eigenvalue weighted by Crippen LogP contribution is 2.32. The molecule has 0 fully saturated rings. The molecule has 0 saturated heterocycles. The molecule has 138 valence electrons. The first-order valence-corrected chi connectivity index (χ1v) is 8.92. The number of benzene rings is 1. The van der Waals surface area contributed by atoms with Crippen LogP contribution in [-0.2, 0) is 0 Å². The van der Waals surface area contributed by atoms with Gasteiger partial charge >= 0.3 is 5.69 Å². The normalized spacial score (nSPS) is 10.4. The van der Waals surface area contributed by atoms with Gasteiger partial charge in [0.1, 0.15) is 0 Å². The van der Waals surface area contributed by atoms with E-state index in [2.05, 4.69) is 15.3 Å². The van der Waals surface area contributed by atoms with E-state index in [0.717, 1.165) is 16.3 Å². The molecular weight excluding hydrogens is 368 g/mol. The van der Waals surface area contributed by atoms with Crippen molar-refractivity contribution in [2.45, 2.75) is 13.8 Å². The standard InChI is InChI=1S/C18H16N4O4S/c1-3-26-15-8-7-12(10-14(15)22(24)25)17(23)21-18-20-11(2)16(27-18)13-6-4-5-9-19-13/h4-10H,3H2,1-2H3,(H,20,21,23). The average Bonchev–Trinajstić information content (AvgIpc) is 3.03. The number of nitro benzene ring substituents is 1. The molecule has 1 N–H and O–H groups in total. The Balaban J connectivity index is 1.84. The third-order valence-electron chi connectivity index (χ3n) is 3.63. The van der Waals surface area contributed by atoms with E-state index in [1.54, 1.807) is 13.1 Å². The van der Waals surface area contributed by atoms with Gasteiger partial charge in [-0.3, -0.25) is 25.2 Å². The zero-order chi connectivity index (χ0) is 19.4. The number of rotatable bonds is 6. The van der Waals surface area contributed by atoms with Crippen molar-refractivity contribution in [1.82, 2.24) is 9.97 Å². The molecule has 8 nitrogen and oxygen atoms in total. The summed E-state index contributed by atoms with van der Waals surface area (Å²) in [6, 6.07) is 9.65. The molecule has 27 heavy (non-hydrogen) atoms. The third-order valence-corrected chi connectivity index (χ3v) is 4.73. The Morgan fingerprint density at radius 1 is 1.33 bits per heavy atom. The van der Waals surface area contributed by atoms with Crippen LogP contribution in [-0.4, -0.2) is 27.4 Å². The van der Waals surface area contributed by atoms with Gasteiger partial charge in [0.25, 0.3) is 5.91 Å². The lowest BCUT2D eigenvalue weighted by molar-refractivity contribution is -0.385. The van der Waals surface area contributed by atoms with Crippen LogP contribution >= 0.6 is 11.3 Å². The topological polar surface area (TPSA) is 107 Å². The highest BCUT2D eigenvalue weighted by atomic mass is 32.1. The number of pyridine rings is 1. The second-order valence-electron chi connectivity index (χ2n) is 5.48. The Bertz CT molecular complexity index is 988. The first kappa shape index (κ1) is 18.5. The summed E-state index contributed by atoms with van der Waals surface area (Å²) in [5, 5.41) is 14.3. The SMILES string of the molecule is CCOc1ccc(C(=O)Nc2nc(C)c(-c3ccccn3)s2)cc1[N+](=O)[O-]. The molecular formula is C18H16N4O4S. The van der Waals surface area contributed by atoms with Crippen molar-refractivity contribution in [3.63, 3.8) is 0 Å². The van der Waals surface area contributed by atoms with Crippen molar-refractivity contribution in [3.05, 3.63) is 64.0 Å². The summed E-state index contributed by atoms with van der Waals surface area (Å²) in [6.07, 6.45) is 1.69. The molecule has 3 rings (SSSR count). The van der Waals surface area contributed by atoms with Gasteiger partial charge < -0.3 is 4.74 Å². The van der Waals surface area contributed by atoms with Crippen molar-refractivity contribution >= 4 is 28.1 Å². The van der Waals surface area contributed by atoms with Gasteiger partial charge in [-0.15, -0.1) is 0 Å². The van der Waals surface area contributed by atoms with Crippen molar-refractivity contribution in [2.75, 3.05) is 11.9 Å². The number of thiazole rings is 1. The molecule has 0 unspecified atom stereocenters. The lowest BCUT2D eigenvalue weighted by atomic mass is 10.1. The largest absolute Gasteiger partial charge is 0.487 e. The van der Waals surface area contributed by atoms with Crippen molar-refractivity contribution in [2.24, 2.45) is 0 Å². The second-order valence-corrected chi connectivity index (χ2v) is 6.47. The number of nitrogens with one attached hydrogen (secondary N) is 1. The molecule has 0 radical (unpaired) electrons. The van der Waals surface area contributed by atoms with Crippen molar-refractivity contribution in [3.8, 4) is 16.3 Å². The molecule has 9 heteroatoms. The van der Waals surface area contributed by atoms with Crippen LogP contribution in [0.3, 0.4) is 0 Å². The fourth-order valence-corrected chi connectivity index (χ4v) is 3.37. The predicted molar refractivity (Wildman–Crippen MR) is 102 cm³/mol. The molecule has 2 aromatic heterocycles. The maximum absolute atomic E-state index is 12.5. The third kappa shape index (κ3) is 4.09. The highest BCUT2D eigenvalue weighted by molar-refractivity contribution is 7.19. The summed E-state index contributed by atoms with van der Waals surface area (Å²) < 4.78 is 5.23. The Morgan fingerprint density at radius 2 is 2.15 bits per heavy atom. The lowest BCUT2D eigenvalue weighted by Gasteiger charge is -2.06. The van der Waals surface area contributed by atoms with E-state index in [-0.39, 0.29) is 17.0 Å². The summed E-state index contributed by atoms with van der Waals surface area (Å²) in [7, 11) is 0. The van der Waals surface area contributed by atoms with E-state index in [9.17, 15) is 14.9 Å². The van der Waals surface area contributed by atoms with E-state index >= 15 is 0 Å². The Kier molecular flexibility index (Phi) is 5.41. The number of nitro groups is 1. The minimum Gasteiger partial charge on any atom is -0.487 e. The van der Waals surface area contributed by atoms with Gasteiger partial charge in [0.05, 0.1) is 27.8 Å². The molecule has 0 saturated carbocycles. The number of aromatic nitrogens is 2. The van der Waals surface area contributed by atoms with Crippen molar-refractivity contribution < 1.29 is 14.5 Å². The quantitative estimate of drug-likeness (QED) is 0.507. The van der Waals surface area contributed by atoms with Gasteiger partial charge in [0.15, 0.2) is 10.9 Å². The van der Waals surface area contributed by atoms with Gasteiger partial charge in [0.2, 0.25) is 0 Å². The highest BCUT2D eigenvalue weighted by Gasteiger charge is 2.20. The summed E-state index contributed by atoms with van der Waals surface area (Å²) >= 11 is 1.29. The van der Waals surface area contributed by atoms with Gasteiger partial charge in [-0.2, -0.15) is 0 Å². The van der Waals surface area contributed by atoms with Crippen LogP contribution in [0.2, 0.25) is 0 Å². The van der Waals surface area contributed by atoms with E-state index < -0.39 is 10.8 Å². The number of amides is 1. The first-order valence-electron chi connectivity index (χ1n) is 8.11. The van der Waals surface area contributed by atoms with E-state index in [0.29, 0.717) is 11.7 Å². The summed E-state index contributed by atoms with van der Waals surface area (Å²) in [6.45, 7) is 3.85. The maximum Gasteiger partial charge on any atom is 0.311 e. The fourth-order valence-electron chi connectivity index (χ4n) is 2.43. The smallest absolute Gasteiger partial charge is 0.311 e. The number of hydrogen-bond acceptors (Lipinski definition) is 7. The Hall–Kier alpha value is -3.33. The predicted octanol–water partition coefficient (Wildman–Crippen LogP) is 4.07. The van der Waals surface area contributed by atoms with Crippen LogP contribution in [0.4, 0.5) is 10.8 Å². The number of aryl methyl sites for hydroxylation is 1. The number of carbonyl (C=O) groups is 1. The molecule has 3 aromatic rings. The zero-order valence-corrected chi connectivity index (χ0v) is 15.4. The van der Waals surface area contributed by atoms with Gasteiger partial charge in [-0.1, -0.05) is 17.4 Å². The van der Waals surface area contributed by atoms with Crippen LogP contribution in [0.25, 0.3) is 10.6 Å². The van der Waals surface area contributed by atoms with E-state index in [1.807, 2.05) is 25.1 Å². The summed E-state index contributed by atoms with van der Waals surface area (Å²) in [5.74, 6) is -0.357. The van der Waals surface area contributed by atoms with E-state index in [1.165, 1.54) is 29.5 Å². The number of nitrogens with zero attached hydrogens (tertiary/aromatic N) is 3. The molecule has 0 bridgehead atoms. The zero-order valence-electron chi connectivity index (χ0n) is 14.6. The molecule has 1 amide bonds. The van der Waals surface area contributed by atoms with Crippen LogP contribution in [0.15, 0.2) is 42.6 Å². The minimum absolute atomic E-state index is 0.126. The lowest BCUT2D eigenvalue weighted by Crippen LogP contribution is -2.12. The van der Waals surface area contributed by atoms with Crippen LogP contribution < -0.4 is 10.1 Å². The number of ether oxygens (including phenoxy) is 1. The Labute approximate surface area is 159 Å².